The predicted molar refractivity (Wildman–Crippen MR) is 165 cm³/mol. The van der Waals surface area contributed by atoms with Crippen molar-refractivity contribution >= 4 is 11.1 Å². The quantitative estimate of drug-likeness (QED) is 0.138. The molecular weight excluding hydrogens is 444 g/mol. The molecule has 0 amide bonds. The Morgan fingerprint density at radius 3 is 1.30 bits per heavy atom. The lowest BCUT2D eigenvalue weighted by Gasteiger charge is -2.36. The molecule has 196 valence electrons. The molecule has 0 aromatic heterocycles. The van der Waals surface area contributed by atoms with Gasteiger partial charge in [-0.05, 0) is 48.1 Å². The summed E-state index contributed by atoms with van der Waals surface area (Å²) in [6.45, 7) is 14.8. The lowest BCUT2D eigenvalue weighted by atomic mass is 9.66. The van der Waals surface area contributed by atoms with Crippen LogP contribution in [0.2, 0.25) is 0 Å². The fourth-order valence-corrected chi connectivity index (χ4v) is 5.61. The Morgan fingerprint density at radius 2 is 0.892 bits per heavy atom. The van der Waals surface area contributed by atoms with Gasteiger partial charge in [0.15, 0.2) is 0 Å². The van der Waals surface area contributed by atoms with Crippen LogP contribution in [0, 0.1) is 0 Å². The number of hydrogen-bond acceptors (Lipinski definition) is 0. The van der Waals surface area contributed by atoms with Gasteiger partial charge in [-0.25, -0.2) is 0 Å². The van der Waals surface area contributed by atoms with Crippen molar-refractivity contribution in [2.24, 2.45) is 0 Å². The summed E-state index contributed by atoms with van der Waals surface area (Å²) in [5.41, 5.74) is 8.56. The lowest BCUT2D eigenvalue weighted by Crippen LogP contribution is -2.29. The van der Waals surface area contributed by atoms with Crippen LogP contribution in [-0.4, -0.2) is 0 Å². The topological polar surface area (TPSA) is 0 Å². The van der Waals surface area contributed by atoms with Crippen molar-refractivity contribution in [2.45, 2.75) is 96.8 Å². The van der Waals surface area contributed by atoms with Crippen molar-refractivity contribution in [3.63, 3.8) is 0 Å². The Morgan fingerprint density at radius 1 is 0.514 bits per heavy atom. The minimum atomic E-state index is -0.178. The van der Waals surface area contributed by atoms with Gasteiger partial charge in [0.1, 0.15) is 0 Å². The second-order valence-corrected chi connectivity index (χ2v) is 10.9. The molecule has 0 N–H and O–H groups in total. The van der Waals surface area contributed by atoms with Crippen molar-refractivity contribution in [3.8, 4) is 0 Å². The Labute approximate surface area is 227 Å². The Kier molecular flexibility index (Phi) is 11.5. The van der Waals surface area contributed by atoms with Crippen molar-refractivity contribution in [1.82, 2.24) is 0 Å². The third-order valence-electron chi connectivity index (χ3n) is 7.91. The van der Waals surface area contributed by atoms with Crippen LogP contribution < -0.4 is 0 Å². The number of benzene rings is 3. The highest BCUT2D eigenvalue weighted by atomic mass is 14.4. The highest BCUT2D eigenvalue weighted by Crippen LogP contribution is 2.44. The van der Waals surface area contributed by atoms with Crippen LogP contribution in [0.1, 0.15) is 119 Å². The molecule has 0 spiro atoms. The van der Waals surface area contributed by atoms with Gasteiger partial charge in [0.25, 0.3) is 0 Å². The molecule has 0 aliphatic rings. The van der Waals surface area contributed by atoms with Crippen molar-refractivity contribution < 1.29 is 0 Å². The van der Waals surface area contributed by atoms with Gasteiger partial charge in [-0.3, -0.25) is 0 Å². The third-order valence-corrected chi connectivity index (χ3v) is 7.91. The van der Waals surface area contributed by atoms with Crippen LogP contribution in [-0.2, 0) is 5.41 Å². The van der Waals surface area contributed by atoms with Gasteiger partial charge in [0.2, 0.25) is 0 Å². The average molecular weight is 493 g/mol. The van der Waals surface area contributed by atoms with Crippen LogP contribution >= 0.6 is 0 Å². The zero-order chi connectivity index (χ0) is 26.5. The summed E-state index contributed by atoms with van der Waals surface area (Å²) in [5.74, 6) is 0. The van der Waals surface area contributed by atoms with Gasteiger partial charge in [-0.15, -0.1) is 0 Å². The molecule has 0 saturated heterocycles. The van der Waals surface area contributed by atoms with Gasteiger partial charge < -0.3 is 0 Å². The molecule has 0 heterocycles. The van der Waals surface area contributed by atoms with E-state index in [1.165, 1.54) is 92.0 Å². The molecule has 0 unspecified atom stereocenters. The van der Waals surface area contributed by atoms with Gasteiger partial charge in [0, 0.05) is 5.41 Å². The summed E-state index contributed by atoms with van der Waals surface area (Å²) in [4.78, 5) is 0. The Hall–Kier alpha value is -2.86. The largest absolute Gasteiger partial charge is 0.0955 e. The first kappa shape index (κ1) is 28.7. The van der Waals surface area contributed by atoms with E-state index in [0.29, 0.717) is 0 Å². The van der Waals surface area contributed by atoms with Crippen LogP contribution in [0.4, 0.5) is 0 Å². The second kappa shape index (κ2) is 14.8. The van der Waals surface area contributed by atoms with E-state index < -0.39 is 0 Å². The summed E-state index contributed by atoms with van der Waals surface area (Å²) in [5, 5.41) is 0. The van der Waals surface area contributed by atoms with Crippen LogP contribution in [0.5, 0.6) is 0 Å². The highest BCUT2D eigenvalue weighted by Gasteiger charge is 2.35. The van der Waals surface area contributed by atoms with Gasteiger partial charge >= 0.3 is 0 Å². The second-order valence-electron chi connectivity index (χ2n) is 10.9. The first-order chi connectivity index (χ1) is 18.0. The van der Waals surface area contributed by atoms with Crippen LogP contribution in [0.3, 0.4) is 0 Å². The smallest absolute Gasteiger partial charge is 0.0451 e. The number of unbranched alkanes of at least 4 members (excludes halogenated alkanes) is 9. The van der Waals surface area contributed by atoms with Gasteiger partial charge in [-0.1, -0.05) is 174 Å². The standard InChI is InChI=1S/C37H48/c1-6-7-8-9-10-11-12-13-14-18-29-37(34-19-16-15-17-20-34,35-25-21-32(22-26-35)30(2)3)36-27-23-33(24-28-36)31(4)5/h15-17,19-28H,2,4,6-14,18,29H2,1,3,5H3. The summed E-state index contributed by atoms with van der Waals surface area (Å²) >= 11 is 0. The number of allylic oxidation sites excluding steroid dienone is 2. The molecule has 0 fully saturated rings. The maximum atomic E-state index is 4.16. The monoisotopic (exact) mass is 492 g/mol. The van der Waals surface area contributed by atoms with Crippen molar-refractivity contribution in [3.05, 3.63) is 120 Å². The van der Waals surface area contributed by atoms with E-state index in [2.05, 4.69) is 113 Å². The molecule has 3 aromatic carbocycles. The zero-order valence-corrected chi connectivity index (χ0v) is 23.7. The minimum absolute atomic E-state index is 0.178. The van der Waals surface area contributed by atoms with Gasteiger partial charge in [0.05, 0.1) is 0 Å². The van der Waals surface area contributed by atoms with Crippen molar-refractivity contribution in [2.75, 3.05) is 0 Å². The Balaban J connectivity index is 1.87. The fraction of sp³-hybridized carbons (Fsp3) is 0.405. The molecule has 0 heteroatoms. The molecule has 0 atom stereocenters. The van der Waals surface area contributed by atoms with Crippen molar-refractivity contribution in [1.29, 1.82) is 0 Å². The molecule has 0 aliphatic heterocycles. The zero-order valence-electron chi connectivity index (χ0n) is 23.7. The Bertz CT molecular complexity index is 1030. The average Bonchev–Trinajstić information content (AvgIpc) is 2.93. The maximum absolute atomic E-state index is 4.16. The predicted octanol–water partition coefficient (Wildman–Crippen LogP) is 11.4. The SMILES string of the molecule is C=C(C)c1ccc(C(CCCCCCCCCCCC)(c2ccccc2)c2ccc(C(=C)C)cc2)cc1. The lowest BCUT2D eigenvalue weighted by molar-refractivity contribution is 0.493. The highest BCUT2D eigenvalue weighted by molar-refractivity contribution is 5.64. The molecule has 0 nitrogen and oxygen atoms in total. The van der Waals surface area contributed by atoms with Crippen LogP contribution in [0.15, 0.2) is 92.0 Å². The normalized spacial score (nSPS) is 11.4. The molecule has 0 bridgehead atoms. The first-order valence-corrected chi connectivity index (χ1v) is 14.6. The summed E-state index contributed by atoms with van der Waals surface area (Å²) in [6, 6.07) is 29.5. The fourth-order valence-electron chi connectivity index (χ4n) is 5.61. The van der Waals surface area contributed by atoms with E-state index in [9.17, 15) is 0 Å². The van der Waals surface area contributed by atoms with Gasteiger partial charge in [-0.2, -0.15) is 0 Å². The van der Waals surface area contributed by atoms with E-state index in [1.807, 2.05) is 0 Å². The maximum Gasteiger partial charge on any atom is 0.0451 e. The van der Waals surface area contributed by atoms with E-state index in [4.69, 9.17) is 0 Å². The van der Waals surface area contributed by atoms with E-state index in [1.54, 1.807) is 0 Å². The van der Waals surface area contributed by atoms with E-state index in [-0.39, 0.29) is 5.41 Å². The molecular formula is C37H48. The minimum Gasteiger partial charge on any atom is -0.0955 e. The number of hydrogen-bond donors (Lipinski definition) is 0. The molecule has 37 heavy (non-hydrogen) atoms. The van der Waals surface area contributed by atoms with Crippen LogP contribution in [0.25, 0.3) is 11.1 Å². The summed E-state index contributed by atoms with van der Waals surface area (Å²) in [6.07, 6.45) is 14.6. The molecule has 3 rings (SSSR count). The summed E-state index contributed by atoms with van der Waals surface area (Å²) in [7, 11) is 0. The molecule has 0 radical (unpaired) electrons. The van der Waals surface area contributed by atoms with E-state index >= 15 is 0 Å². The number of rotatable bonds is 16. The van der Waals surface area contributed by atoms with E-state index in [0.717, 1.165) is 17.6 Å². The molecule has 3 aromatic rings. The molecule has 0 saturated carbocycles. The molecule has 0 aliphatic carbocycles. The third kappa shape index (κ3) is 7.81. The summed E-state index contributed by atoms with van der Waals surface area (Å²) < 4.78 is 0. The first-order valence-electron chi connectivity index (χ1n) is 14.6.